The zero-order valence-corrected chi connectivity index (χ0v) is 24.9. The minimum Gasteiger partial charge on any atom is -0.497 e. The Kier molecular flexibility index (Phi) is 7.56. The standard InChI is InChI=1S/C34H29N3O5S/c1-20-30(32(38)36-22-11-6-5-7-12-22)31(25-16-15-23(40-2)18-28(25)42-4)37-33(39)29(43-34(37)35-20)19-26-24-13-9-8-10-21(24)14-17-27(26)41-3/h5-19,31H,1-4H3,(H,36,38)/b29-19-/t31-/m0/s1. The number of methoxy groups -OCH3 is 3. The number of rotatable bonds is 7. The van der Waals surface area contributed by atoms with E-state index < -0.39 is 6.04 Å². The number of allylic oxidation sites excluding steroid dienone is 1. The molecule has 1 atom stereocenters. The maximum Gasteiger partial charge on any atom is 0.271 e. The van der Waals surface area contributed by atoms with Gasteiger partial charge in [-0.25, -0.2) is 4.99 Å². The van der Waals surface area contributed by atoms with E-state index in [2.05, 4.69) is 5.32 Å². The summed E-state index contributed by atoms with van der Waals surface area (Å²) in [5.74, 6) is 1.36. The topological polar surface area (TPSA) is 91.2 Å². The molecule has 0 aliphatic carbocycles. The van der Waals surface area contributed by atoms with Crippen LogP contribution in [0.25, 0.3) is 16.8 Å². The number of benzene rings is 4. The van der Waals surface area contributed by atoms with Gasteiger partial charge in [0.2, 0.25) is 0 Å². The SMILES string of the molecule is COc1ccc([C@H]2C(C(=O)Nc3ccccc3)=C(C)N=c3s/c(=C\c4c(OC)ccc5ccccc45)c(=O)n32)c(OC)c1. The van der Waals surface area contributed by atoms with Crippen molar-refractivity contribution in [1.29, 1.82) is 0 Å². The van der Waals surface area contributed by atoms with Gasteiger partial charge >= 0.3 is 0 Å². The van der Waals surface area contributed by atoms with Gasteiger partial charge in [-0.15, -0.1) is 0 Å². The number of nitrogens with one attached hydrogen (secondary N) is 1. The van der Waals surface area contributed by atoms with Gasteiger partial charge in [0, 0.05) is 22.9 Å². The molecule has 6 rings (SSSR count). The normalized spacial score (nSPS) is 14.7. The van der Waals surface area contributed by atoms with E-state index in [0.29, 0.717) is 49.1 Å². The average Bonchev–Trinajstić information content (AvgIpc) is 3.34. The van der Waals surface area contributed by atoms with Crippen LogP contribution in [0.1, 0.15) is 24.1 Å². The van der Waals surface area contributed by atoms with Crippen LogP contribution in [0.5, 0.6) is 17.2 Å². The van der Waals surface area contributed by atoms with E-state index in [1.807, 2.05) is 78.9 Å². The number of carbonyl (C=O) groups is 1. The number of para-hydroxylation sites is 1. The number of fused-ring (bicyclic) bond motifs is 2. The Bertz CT molecular complexity index is 2080. The van der Waals surface area contributed by atoms with Crippen molar-refractivity contribution in [2.24, 2.45) is 4.99 Å². The first-order valence-electron chi connectivity index (χ1n) is 13.6. The summed E-state index contributed by atoms with van der Waals surface area (Å²) < 4.78 is 18.9. The number of anilines is 1. The smallest absolute Gasteiger partial charge is 0.271 e. The molecule has 2 heterocycles. The fourth-order valence-electron chi connectivity index (χ4n) is 5.40. The zero-order valence-electron chi connectivity index (χ0n) is 24.1. The number of nitrogens with zero attached hydrogens (tertiary/aromatic N) is 2. The van der Waals surface area contributed by atoms with E-state index >= 15 is 0 Å². The van der Waals surface area contributed by atoms with E-state index in [1.54, 1.807) is 45.0 Å². The van der Waals surface area contributed by atoms with Crippen LogP contribution in [0, 0.1) is 0 Å². The fraction of sp³-hybridized carbons (Fsp3) is 0.147. The second-order valence-corrected chi connectivity index (χ2v) is 10.9. The first kappa shape index (κ1) is 28.0. The number of thiazole rings is 1. The molecule has 0 radical (unpaired) electrons. The van der Waals surface area contributed by atoms with Gasteiger partial charge in [0.15, 0.2) is 4.80 Å². The van der Waals surface area contributed by atoms with Crippen molar-refractivity contribution in [2.45, 2.75) is 13.0 Å². The summed E-state index contributed by atoms with van der Waals surface area (Å²) in [6.07, 6.45) is 1.84. The molecule has 43 heavy (non-hydrogen) atoms. The molecule has 0 saturated heterocycles. The second kappa shape index (κ2) is 11.6. The largest absolute Gasteiger partial charge is 0.497 e. The Balaban J connectivity index is 1.59. The van der Waals surface area contributed by atoms with Gasteiger partial charge in [0.1, 0.15) is 23.3 Å². The maximum atomic E-state index is 14.3. The molecule has 9 heteroatoms. The molecular formula is C34H29N3O5S. The number of hydrogen-bond donors (Lipinski definition) is 1. The number of ether oxygens (including phenoxy) is 3. The van der Waals surface area contributed by atoms with Crippen molar-refractivity contribution in [2.75, 3.05) is 26.6 Å². The predicted octanol–water partition coefficient (Wildman–Crippen LogP) is 5.05. The van der Waals surface area contributed by atoms with Crippen LogP contribution in [0.4, 0.5) is 5.69 Å². The van der Waals surface area contributed by atoms with Gasteiger partial charge < -0.3 is 19.5 Å². The quantitative estimate of drug-likeness (QED) is 0.286. The van der Waals surface area contributed by atoms with Gasteiger partial charge in [-0.1, -0.05) is 59.9 Å². The van der Waals surface area contributed by atoms with Crippen molar-refractivity contribution in [3.05, 3.63) is 127 Å². The summed E-state index contributed by atoms with van der Waals surface area (Å²) in [5.41, 5.74) is 2.63. The van der Waals surface area contributed by atoms with Gasteiger partial charge in [-0.05, 0) is 54.1 Å². The Morgan fingerprint density at radius 2 is 1.65 bits per heavy atom. The zero-order chi connectivity index (χ0) is 30.1. The minimum atomic E-state index is -0.808. The summed E-state index contributed by atoms with van der Waals surface area (Å²) >= 11 is 1.27. The van der Waals surface area contributed by atoms with E-state index in [0.717, 1.165) is 16.3 Å². The second-order valence-electron chi connectivity index (χ2n) is 9.91. The fourth-order valence-corrected chi connectivity index (χ4v) is 6.43. The number of hydrogen-bond acceptors (Lipinski definition) is 7. The molecule has 0 spiro atoms. The first-order valence-corrected chi connectivity index (χ1v) is 14.4. The lowest BCUT2D eigenvalue weighted by Gasteiger charge is -2.26. The number of aromatic nitrogens is 1. The van der Waals surface area contributed by atoms with Crippen LogP contribution >= 0.6 is 11.3 Å². The van der Waals surface area contributed by atoms with Crippen molar-refractivity contribution in [3.63, 3.8) is 0 Å². The van der Waals surface area contributed by atoms with Crippen LogP contribution < -0.4 is 34.4 Å². The molecule has 0 saturated carbocycles. The summed E-state index contributed by atoms with van der Waals surface area (Å²) in [5, 5.41) is 4.96. The molecule has 216 valence electrons. The van der Waals surface area contributed by atoms with Crippen molar-refractivity contribution >= 4 is 39.8 Å². The predicted molar refractivity (Wildman–Crippen MR) is 169 cm³/mol. The first-order chi connectivity index (χ1) is 20.9. The molecule has 0 fully saturated rings. The molecule has 4 aromatic carbocycles. The van der Waals surface area contributed by atoms with Crippen LogP contribution in [0.3, 0.4) is 0 Å². The van der Waals surface area contributed by atoms with Crippen LogP contribution in [0.2, 0.25) is 0 Å². The minimum absolute atomic E-state index is 0.279. The highest BCUT2D eigenvalue weighted by Crippen LogP contribution is 2.38. The lowest BCUT2D eigenvalue weighted by molar-refractivity contribution is -0.113. The molecule has 1 aliphatic rings. The Morgan fingerprint density at radius 1 is 0.907 bits per heavy atom. The third-order valence-corrected chi connectivity index (χ3v) is 8.44. The van der Waals surface area contributed by atoms with Crippen LogP contribution in [-0.4, -0.2) is 31.8 Å². The Morgan fingerprint density at radius 3 is 2.40 bits per heavy atom. The van der Waals surface area contributed by atoms with Gasteiger partial charge in [0.25, 0.3) is 11.5 Å². The number of carbonyl (C=O) groups excluding carboxylic acids is 1. The molecule has 1 aliphatic heterocycles. The van der Waals surface area contributed by atoms with Gasteiger partial charge in [-0.2, -0.15) is 0 Å². The highest BCUT2D eigenvalue weighted by Gasteiger charge is 2.34. The van der Waals surface area contributed by atoms with Crippen LogP contribution in [0.15, 0.2) is 106 Å². The van der Waals surface area contributed by atoms with E-state index in [1.165, 1.54) is 11.3 Å². The summed E-state index contributed by atoms with van der Waals surface area (Å²) in [7, 11) is 4.73. The van der Waals surface area contributed by atoms with E-state index in [-0.39, 0.29) is 11.5 Å². The summed E-state index contributed by atoms with van der Waals surface area (Å²) in [6.45, 7) is 1.79. The van der Waals surface area contributed by atoms with Crippen molar-refractivity contribution in [3.8, 4) is 17.2 Å². The molecule has 5 aromatic rings. The lowest BCUT2D eigenvalue weighted by Crippen LogP contribution is -2.40. The Labute approximate surface area is 251 Å². The summed E-state index contributed by atoms with van der Waals surface area (Å²) in [4.78, 5) is 33.5. The monoisotopic (exact) mass is 591 g/mol. The highest BCUT2D eigenvalue weighted by atomic mass is 32.1. The van der Waals surface area contributed by atoms with E-state index in [9.17, 15) is 9.59 Å². The molecule has 1 amide bonds. The molecule has 8 nitrogen and oxygen atoms in total. The van der Waals surface area contributed by atoms with Gasteiger partial charge in [-0.3, -0.25) is 14.2 Å². The van der Waals surface area contributed by atoms with Crippen molar-refractivity contribution in [1.82, 2.24) is 4.57 Å². The average molecular weight is 592 g/mol. The van der Waals surface area contributed by atoms with Gasteiger partial charge in [0.05, 0.1) is 37.1 Å². The molecular weight excluding hydrogens is 562 g/mol. The van der Waals surface area contributed by atoms with E-state index in [4.69, 9.17) is 19.2 Å². The highest BCUT2D eigenvalue weighted by molar-refractivity contribution is 7.07. The van der Waals surface area contributed by atoms with Crippen molar-refractivity contribution < 1.29 is 19.0 Å². The molecule has 0 unspecified atom stereocenters. The maximum absolute atomic E-state index is 14.3. The molecule has 1 aromatic heterocycles. The number of amides is 1. The third-order valence-electron chi connectivity index (χ3n) is 7.46. The molecule has 0 bridgehead atoms. The lowest BCUT2D eigenvalue weighted by atomic mass is 9.94. The Hall–Kier alpha value is -5.15. The molecule has 1 N–H and O–H groups in total. The summed E-state index contributed by atoms with van der Waals surface area (Å²) in [6, 6.07) is 25.6. The third kappa shape index (κ3) is 5.08. The van der Waals surface area contributed by atoms with Crippen LogP contribution in [-0.2, 0) is 4.79 Å².